The monoisotopic (exact) mass is 446 g/mol. The Balaban J connectivity index is 1.58. The van der Waals surface area contributed by atoms with E-state index < -0.39 is 6.04 Å². The Kier molecular flexibility index (Phi) is 6.66. The first-order chi connectivity index (χ1) is 15.5. The summed E-state index contributed by atoms with van der Waals surface area (Å²) in [7, 11) is 0. The molecule has 32 heavy (non-hydrogen) atoms. The van der Waals surface area contributed by atoms with Crippen LogP contribution in [0.15, 0.2) is 84.9 Å². The maximum atomic E-state index is 13.3. The molecule has 0 spiro atoms. The van der Waals surface area contributed by atoms with Crippen LogP contribution in [-0.2, 0) is 27.2 Å². The summed E-state index contributed by atoms with van der Waals surface area (Å²) in [4.78, 5) is 42.1. The zero-order valence-corrected chi connectivity index (χ0v) is 18.2. The van der Waals surface area contributed by atoms with Crippen molar-refractivity contribution >= 4 is 35.0 Å². The van der Waals surface area contributed by atoms with Gasteiger partial charge in [0.15, 0.2) is 0 Å². The predicted octanol–water partition coefficient (Wildman–Crippen LogP) is 4.29. The predicted molar refractivity (Wildman–Crippen MR) is 124 cm³/mol. The van der Waals surface area contributed by atoms with Crippen molar-refractivity contribution in [2.45, 2.75) is 25.3 Å². The molecule has 0 radical (unpaired) electrons. The summed E-state index contributed by atoms with van der Waals surface area (Å²) in [5, 5.41) is 0.520. The highest BCUT2D eigenvalue weighted by Gasteiger charge is 2.44. The molecule has 1 aliphatic heterocycles. The Bertz CT molecular complexity index is 1100. The van der Waals surface area contributed by atoms with Crippen molar-refractivity contribution in [2.24, 2.45) is 0 Å². The molecular weight excluding hydrogens is 424 g/mol. The number of nitrogens with zero attached hydrogens (tertiary/aromatic N) is 2. The van der Waals surface area contributed by atoms with Crippen LogP contribution in [0, 0.1) is 0 Å². The van der Waals surface area contributed by atoms with E-state index in [-0.39, 0.29) is 30.6 Å². The van der Waals surface area contributed by atoms with Gasteiger partial charge in [-0.25, -0.2) is 4.90 Å². The van der Waals surface area contributed by atoms with Gasteiger partial charge >= 0.3 is 0 Å². The molecule has 162 valence electrons. The van der Waals surface area contributed by atoms with Gasteiger partial charge in [-0.3, -0.25) is 14.4 Å². The Labute approximate surface area is 192 Å². The number of imide groups is 1. The third kappa shape index (κ3) is 4.89. The fourth-order valence-electron chi connectivity index (χ4n) is 3.94. The second-order valence-corrected chi connectivity index (χ2v) is 8.19. The van der Waals surface area contributed by atoms with Crippen LogP contribution in [0.1, 0.15) is 17.5 Å². The molecule has 0 bridgehead atoms. The molecule has 1 saturated heterocycles. The number of hydrogen-bond acceptors (Lipinski definition) is 3. The van der Waals surface area contributed by atoms with Crippen molar-refractivity contribution in [2.75, 3.05) is 11.4 Å². The van der Waals surface area contributed by atoms with Crippen molar-refractivity contribution < 1.29 is 14.4 Å². The van der Waals surface area contributed by atoms with E-state index in [0.29, 0.717) is 23.7 Å². The van der Waals surface area contributed by atoms with Crippen molar-refractivity contribution in [3.05, 3.63) is 101 Å². The number of carbonyl (C=O) groups is 3. The van der Waals surface area contributed by atoms with Gasteiger partial charge in [-0.15, -0.1) is 0 Å². The zero-order valence-electron chi connectivity index (χ0n) is 17.5. The van der Waals surface area contributed by atoms with Crippen LogP contribution in [-0.4, -0.2) is 35.2 Å². The number of rotatable bonds is 7. The molecule has 4 rings (SSSR count). The lowest BCUT2D eigenvalue weighted by Gasteiger charge is -2.28. The minimum Gasteiger partial charge on any atom is -0.329 e. The number of benzene rings is 3. The highest BCUT2D eigenvalue weighted by Crippen LogP contribution is 2.27. The molecule has 1 atom stereocenters. The second-order valence-electron chi connectivity index (χ2n) is 7.75. The first-order valence-corrected chi connectivity index (χ1v) is 10.9. The van der Waals surface area contributed by atoms with Crippen LogP contribution >= 0.6 is 11.6 Å². The van der Waals surface area contributed by atoms with Crippen LogP contribution in [0.4, 0.5) is 5.69 Å². The Morgan fingerprint density at radius 1 is 0.875 bits per heavy atom. The summed E-state index contributed by atoms with van der Waals surface area (Å²) in [6.45, 7) is 0.355. The molecule has 5 nitrogen and oxygen atoms in total. The topological polar surface area (TPSA) is 57.7 Å². The molecule has 1 fully saturated rings. The third-order valence-corrected chi connectivity index (χ3v) is 5.84. The maximum Gasteiger partial charge on any atom is 0.257 e. The Morgan fingerprint density at radius 3 is 2.09 bits per heavy atom. The summed E-state index contributed by atoms with van der Waals surface area (Å²) in [5.74, 6) is -0.873. The van der Waals surface area contributed by atoms with E-state index in [0.717, 1.165) is 16.0 Å². The molecule has 3 amide bonds. The minimum absolute atomic E-state index is 0.0310. The van der Waals surface area contributed by atoms with E-state index in [4.69, 9.17) is 11.6 Å². The van der Waals surface area contributed by atoms with Gasteiger partial charge in [-0.1, -0.05) is 72.3 Å². The lowest BCUT2D eigenvalue weighted by Crippen LogP contribution is -2.47. The van der Waals surface area contributed by atoms with E-state index in [2.05, 4.69) is 0 Å². The molecule has 0 aromatic heterocycles. The van der Waals surface area contributed by atoms with Crippen LogP contribution in [0.3, 0.4) is 0 Å². The average Bonchev–Trinajstić information content (AvgIpc) is 3.09. The average molecular weight is 447 g/mol. The first-order valence-electron chi connectivity index (χ1n) is 10.5. The van der Waals surface area contributed by atoms with Gasteiger partial charge in [-0.05, 0) is 41.8 Å². The molecular formula is C26H23ClN2O3. The van der Waals surface area contributed by atoms with Crippen molar-refractivity contribution in [1.82, 2.24) is 4.90 Å². The first kappa shape index (κ1) is 21.8. The summed E-state index contributed by atoms with van der Waals surface area (Å²) in [5.41, 5.74) is 2.40. The van der Waals surface area contributed by atoms with E-state index in [9.17, 15) is 14.4 Å². The van der Waals surface area contributed by atoms with Gasteiger partial charge in [0.25, 0.3) is 5.91 Å². The van der Waals surface area contributed by atoms with Crippen molar-refractivity contribution in [1.29, 1.82) is 0 Å². The third-order valence-electron chi connectivity index (χ3n) is 5.59. The molecule has 1 aliphatic rings. The van der Waals surface area contributed by atoms with Gasteiger partial charge in [0, 0.05) is 11.6 Å². The zero-order chi connectivity index (χ0) is 22.5. The van der Waals surface area contributed by atoms with E-state index in [1.165, 1.54) is 0 Å². The summed E-state index contributed by atoms with van der Waals surface area (Å²) in [6, 6.07) is 24.9. The van der Waals surface area contributed by atoms with E-state index >= 15 is 0 Å². The van der Waals surface area contributed by atoms with Gasteiger partial charge in [0.2, 0.25) is 11.8 Å². The van der Waals surface area contributed by atoms with Crippen LogP contribution < -0.4 is 4.90 Å². The van der Waals surface area contributed by atoms with Crippen molar-refractivity contribution in [3.8, 4) is 0 Å². The quantitative estimate of drug-likeness (QED) is 0.509. The Morgan fingerprint density at radius 2 is 1.47 bits per heavy atom. The number of halogens is 1. The van der Waals surface area contributed by atoms with Crippen LogP contribution in [0.5, 0.6) is 0 Å². The molecule has 3 aromatic carbocycles. The highest BCUT2D eigenvalue weighted by atomic mass is 35.5. The van der Waals surface area contributed by atoms with Gasteiger partial charge < -0.3 is 4.90 Å². The molecule has 1 heterocycles. The molecule has 0 saturated carbocycles. The molecule has 1 unspecified atom stereocenters. The van der Waals surface area contributed by atoms with Gasteiger partial charge in [-0.2, -0.15) is 0 Å². The lowest BCUT2D eigenvalue weighted by atomic mass is 10.1. The number of amides is 3. The lowest BCUT2D eigenvalue weighted by molar-refractivity contribution is -0.137. The molecule has 3 aromatic rings. The Hall–Kier alpha value is -3.44. The van der Waals surface area contributed by atoms with Gasteiger partial charge in [0.05, 0.1) is 18.5 Å². The SMILES string of the molecule is O=C1CC(N(CCc2ccccc2)C(=O)Cc2ccccc2)C(=O)N1c1ccc(Cl)cc1. The fourth-order valence-corrected chi connectivity index (χ4v) is 4.07. The fraction of sp³-hybridized carbons (Fsp3) is 0.192. The number of anilines is 1. The molecule has 0 N–H and O–H groups in total. The smallest absolute Gasteiger partial charge is 0.257 e. The second kappa shape index (κ2) is 9.79. The van der Waals surface area contributed by atoms with Crippen molar-refractivity contribution in [3.63, 3.8) is 0 Å². The van der Waals surface area contributed by atoms with Crippen LogP contribution in [0.2, 0.25) is 5.02 Å². The normalized spacial score (nSPS) is 15.8. The van der Waals surface area contributed by atoms with Crippen LogP contribution in [0.25, 0.3) is 0 Å². The molecule has 0 aliphatic carbocycles. The molecule has 6 heteroatoms. The summed E-state index contributed by atoms with van der Waals surface area (Å²) >= 11 is 5.95. The van der Waals surface area contributed by atoms with E-state index in [1.54, 1.807) is 29.2 Å². The van der Waals surface area contributed by atoms with Gasteiger partial charge in [0.1, 0.15) is 6.04 Å². The largest absolute Gasteiger partial charge is 0.329 e. The number of carbonyl (C=O) groups excluding carboxylic acids is 3. The summed E-state index contributed by atoms with van der Waals surface area (Å²) in [6.07, 6.45) is 0.742. The maximum absolute atomic E-state index is 13.3. The minimum atomic E-state index is -0.821. The number of hydrogen-bond donors (Lipinski definition) is 0. The highest BCUT2D eigenvalue weighted by molar-refractivity contribution is 6.30. The van der Waals surface area contributed by atoms with E-state index in [1.807, 2.05) is 60.7 Å². The summed E-state index contributed by atoms with van der Waals surface area (Å²) < 4.78 is 0. The standard InChI is InChI=1S/C26H23ClN2O3/c27-21-11-13-22(14-12-21)29-25(31)18-23(26(29)32)28(16-15-19-7-3-1-4-8-19)24(30)17-20-9-5-2-6-10-20/h1-14,23H,15-18H2.